The number of benzene rings is 1. The van der Waals surface area contributed by atoms with Crippen LogP contribution in [0.25, 0.3) is 0 Å². The van der Waals surface area contributed by atoms with Gasteiger partial charge in [-0.2, -0.15) is 0 Å². The van der Waals surface area contributed by atoms with Crippen LogP contribution < -0.4 is 5.73 Å². The number of hydrogen-bond acceptors (Lipinski definition) is 2. The summed E-state index contributed by atoms with van der Waals surface area (Å²) >= 11 is 0. The van der Waals surface area contributed by atoms with Crippen molar-refractivity contribution in [1.29, 1.82) is 0 Å². The molecule has 1 aliphatic carbocycles. The summed E-state index contributed by atoms with van der Waals surface area (Å²) in [5.41, 5.74) is 9.14. The van der Waals surface area contributed by atoms with Gasteiger partial charge < -0.3 is 5.73 Å². The fraction of sp³-hybridized carbons (Fsp3) is 0.684. The number of rotatable bonds is 4. The topological polar surface area (TPSA) is 29.3 Å². The van der Waals surface area contributed by atoms with E-state index in [1.807, 2.05) is 0 Å². The number of piperidine rings is 1. The maximum Gasteiger partial charge on any atom is 0.0473 e. The van der Waals surface area contributed by atoms with E-state index in [2.05, 4.69) is 49.9 Å². The van der Waals surface area contributed by atoms with E-state index in [1.165, 1.54) is 36.9 Å². The lowest BCUT2D eigenvalue weighted by Crippen LogP contribution is -2.49. The summed E-state index contributed by atoms with van der Waals surface area (Å²) in [5.74, 6) is 2.35. The van der Waals surface area contributed by atoms with Gasteiger partial charge in [0.05, 0.1) is 0 Å². The van der Waals surface area contributed by atoms with E-state index in [4.69, 9.17) is 5.73 Å². The molecule has 1 saturated carbocycles. The Bertz CT molecular complexity index is 480. The first-order valence-electron chi connectivity index (χ1n) is 8.65. The van der Waals surface area contributed by atoms with Crippen molar-refractivity contribution in [1.82, 2.24) is 4.90 Å². The van der Waals surface area contributed by atoms with Crippen LogP contribution in [0.1, 0.15) is 63.1 Å². The van der Waals surface area contributed by atoms with Crippen molar-refractivity contribution in [2.75, 3.05) is 13.1 Å². The zero-order valence-electron chi connectivity index (χ0n) is 13.8. The van der Waals surface area contributed by atoms with Crippen LogP contribution in [0.2, 0.25) is 0 Å². The Morgan fingerprint density at radius 2 is 2.00 bits per heavy atom. The third-order valence-electron chi connectivity index (χ3n) is 5.61. The van der Waals surface area contributed by atoms with Gasteiger partial charge in [0, 0.05) is 25.2 Å². The van der Waals surface area contributed by atoms with E-state index in [0.717, 1.165) is 24.3 Å². The summed E-state index contributed by atoms with van der Waals surface area (Å²) in [4.78, 5) is 2.66. The molecule has 0 bridgehead atoms. The average Bonchev–Trinajstić information content (AvgIpc) is 3.30. The first-order valence-corrected chi connectivity index (χ1v) is 8.65. The molecule has 4 atom stereocenters. The second kappa shape index (κ2) is 6.10. The largest absolute Gasteiger partial charge is 0.329 e. The Kier molecular flexibility index (Phi) is 4.37. The minimum Gasteiger partial charge on any atom is -0.329 e. The molecule has 2 N–H and O–H groups in total. The Labute approximate surface area is 129 Å². The molecule has 2 nitrogen and oxygen atoms in total. The lowest BCUT2D eigenvalue weighted by molar-refractivity contribution is 0.0424. The smallest absolute Gasteiger partial charge is 0.0473 e. The van der Waals surface area contributed by atoms with Crippen LogP contribution in [0.15, 0.2) is 24.3 Å². The van der Waals surface area contributed by atoms with E-state index in [-0.39, 0.29) is 0 Å². The minimum atomic E-state index is 0.379. The van der Waals surface area contributed by atoms with Crippen LogP contribution >= 0.6 is 0 Å². The average molecular weight is 286 g/mol. The lowest BCUT2D eigenvalue weighted by Gasteiger charge is -2.45. The van der Waals surface area contributed by atoms with E-state index in [0.29, 0.717) is 12.1 Å². The third kappa shape index (κ3) is 3.17. The van der Waals surface area contributed by atoms with Gasteiger partial charge in [-0.15, -0.1) is 0 Å². The molecular weight excluding hydrogens is 256 g/mol. The van der Waals surface area contributed by atoms with E-state index in [1.54, 1.807) is 0 Å². The van der Waals surface area contributed by atoms with Crippen molar-refractivity contribution in [3.63, 3.8) is 0 Å². The molecule has 0 amide bonds. The second-order valence-corrected chi connectivity index (χ2v) is 7.45. The van der Waals surface area contributed by atoms with E-state index < -0.39 is 0 Å². The zero-order chi connectivity index (χ0) is 15.0. The molecule has 2 fully saturated rings. The molecular formula is C19H30N2. The van der Waals surface area contributed by atoms with Crippen molar-refractivity contribution in [2.45, 2.75) is 58.0 Å². The monoisotopic (exact) mass is 286 g/mol. The van der Waals surface area contributed by atoms with E-state index in [9.17, 15) is 0 Å². The van der Waals surface area contributed by atoms with Crippen LogP contribution in [0.4, 0.5) is 0 Å². The summed E-state index contributed by atoms with van der Waals surface area (Å²) in [6, 6.07) is 10.2. The molecule has 116 valence electrons. The van der Waals surface area contributed by atoms with Gasteiger partial charge in [0.15, 0.2) is 0 Å². The van der Waals surface area contributed by atoms with Crippen LogP contribution in [-0.4, -0.2) is 24.0 Å². The van der Waals surface area contributed by atoms with Crippen molar-refractivity contribution in [3.05, 3.63) is 35.4 Å². The molecule has 4 unspecified atom stereocenters. The molecule has 1 aromatic carbocycles. The Morgan fingerprint density at radius 1 is 1.24 bits per heavy atom. The van der Waals surface area contributed by atoms with Gasteiger partial charge in [-0.25, -0.2) is 0 Å². The first-order chi connectivity index (χ1) is 10.1. The zero-order valence-corrected chi connectivity index (χ0v) is 13.8. The number of nitrogens with two attached hydrogens (primary N) is 1. The van der Waals surface area contributed by atoms with Gasteiger partial charge in [-0.3, -0.25) is 4.90 Å². The number of hydrogen-bond donors (Lipinski definition) is 1. The molecule has 21 heavy (non-hydrogen) atoms. The molecule has 1 aromatic rings. The first kappa shape index (κ1) is 15.1. The molecule has 2 heteroatoms. The van der Waals surface area contributed by atoms with Gasteiger partial charge >= 0.3 is 0 Å². The van der Waals surface area contributed by atoms with Gasteiger partial charge in [-0.1, -0.05) is 38.1 Å². The quantitative estimate of drug-likeness (QED) is 0.908. The van der Waals surface area contributed by atoms with Gasteiger partial charge in [0.25, 0.3) is 0 Å². The SMILES string of the molecule is CC1CC(C)C(C)N(C(CN)c2cccc(C3CC3)c2)C1. The summed E-state index contributed by atoms with van der Waals surface area (Å²) in [6.07, 6.45) is 4.08. The summed E-state index contributed by atoms with van der Waals surface area (Å²) < 4.78 is 0. The highest BCUT2D eigenvalue weighted by Crippen LogP contribution is 2.41. The minimum absolute atomic E-state index is 0.379. The highest BCUT2D eigenvalue weighted by atomic mass is 15.2. The van der Waals surface area contributed by atoms with E-state index >= 15 is 0 Å². The molecule has 1 saturated heterocycles. The maximum absolute atomic E-state index is 6.19. The van der Waals surface area contributed by atoms with Crippen molar-refractivity contribution in [3.8, 4) is 0 Å². The van der Waals surface area contributed by atoms with Gasteiger partial charge in [0.2, 0.25) is 0 Å². The fourth-order valence-corrected chi connectivity index (χ4v) is 4.07. The lowest BCUT2D eigenvalue weighted by atomic mass is 9.84. The molecule has 0 aromatic heterocycles. The fourth-order valence-electron chi connectivity index (χ4n) is 4.07. The molecule has 0 spiro atoms. The van der Waals surface area contributed by atoms with Gasteiger partial charge in [0.1, 0.15) is 0 Å². The second-order valence-electron chi connectivity index (χ2n) is 7.45. The standard InChI is InChI=1S/C19H30N2/c1-13-9-14(2)15(3)21(12-13)19(11-20)18-6-4-5-17(10-18)16-7-8-16/h4-6,10,13-16,19H,7-9,11-12,20H2,1-3H3. The third-order valence-corrected chi connectivity index (χ3v) is 5.61. The van der Waals surface area contributed by atoms with Crippen LogP contribution in [0, 0.1) is 11.8 Å². The Morgan fingerprint density at radius 3 is 2.67 bits per heavy atom. The summed E-state index contributed by atoms with van der Waals surface area (Å²) in [5, 5.41) is 0. The highest BCUT2D eigenvalue weighted by Gasteiger charge is 2.34. The molecule has 1 heterocycles. The normalized spacial score (nSPS) is 32.1. The Hall–Kier alpha value is -0.860. The van der Waals surface area contributed by atoms with Gasteiger partial charge in [-0.05, 0) is 55.1 Å². The van der Waals surface area contributed by atoms with Crippen molar-refractivity contribution < 1.29 is 0 Å². The van der Waals surface area contributed by atoms with Crippen molar-refractivity contribution >= 4 is 0 Å². The number of likely N-dealkylation sites (tertiary alicyclic amines) is 1. The summed E-state index contributed by atoms with van der Waals surface area (Å²) in [7, 11) is 0. The maximum atomic E-state index is 6.19. The predicted octanol–water partition coefficient (Wildman–Crippen LogP) is 3.93. The molecule has 3 rings (SSSR count). The van der Waals surface area contributed by atoms with Crippen LogP contribution in [0.5, 0.6) is 0 Å². The molecule has 0 radical (unpaired) electrons. The highest BCUT2D eigenvalue weighted by molar-refractivity contribution is 5.31. The van der Waals surface area contributed by atoms with Crippen LogP contribution in [-0.2, 0) is 0 Å². The summed E-state index contributed by atoms with van der Waals surface area (Å²) in [6.45, 7) is 9.05. The van der Waals surface area contributed by atoms with Crippen LogP contribution in [0.3, 0.4) is 0 Å². The Balaban J connectivity index is 1.84. The van der Waals surface area contributed by atoms with Crippen molar-refractivity contribution in [2.24, 2.45) is 17.6 Å². The molecule has 1 aliphatic heterocycles. The molecule has 2 aliphatic rings. The predicted molar refractivity (Wildman–Crippen MR) is 89.3 cm³/mol. The number of nitrogens with zero attached hydrogens (tertiary/aromatic N) is 1.